The second-order valence-electron chi connectivity index (χ2n) is 4.54. The highest BCUT2D eigenvalue weighted by atomic mass is 79.9. The van der Waals surface area contributed by atoms with Crippen LogP contribution in [0.4, 0.5) is 0 Å². The van der Waals surface area contributed by atoms with Crippen molar-refractivity contribution >= 4 is 26.7 Å². The van der Waals surface area contributed by atoms with E-state index in [1.807, 2.05) is 0 Å². The molecule has 0 aliphatic heterocycles. The molecule has 18 heavy (non-hydrogen) atoms. The van der Waals surface area contributed by atoms with Gasteiger partial charge in [0.25, 0.3) is 0 Å². The van der Waals surface area contributed by atoms with Gasteiger partial charge in [0.05, 0.1) is 0 Å². The molecule has 0 spiro atoms. The lowest BCUT2D eigenvalue weighted by Gasteiger charge is -2.09. The molecule has 88 valence electrons. The highest BCUT2D eigenvalue weighted by molar-refractivity contribution is 9.10. The number of rotatable bonds is 1. The van der Waals surface area contributed by atoms with Crippen LogP contribution >= 0.6 is 15.9 Å². The highest BCUT2D eigenvalue weighted by Crippen LogP contribution is 2.30. The van der Waals surface area contributed by atoms with E-state index in [1.54, 1.807) is 0 Å². The molecule has 1 heteroatoms. The minimum atomic E-state index is 1.11. The monoisotopic (exact) mass is 296 g/mol. The van der Waals surface area contributed by atoms with E-state index >= 15 is 0 Å². The average molecular weight is 297 g/mol. The van der Waals surface area contributed by atoms with Gasteiger partial charge in [0, 0.05) is 4.47 Å². The van der Waals surface area contributed by atoms with E-state index < -0.39 is 0 Å². The Hall–Kier alpha value is -1.60. The van der Waals surface area contributed by atoms with Crippen LogP contribution in [0.1, 0.15) is 5.56 Å². The van der Waals surface area contributed by atoms with Crippen LogP contribution in [0, 0.1) is 6.92 Å². The molecule has 3 aromatic carbocycles. The predicted octanol–water partition coefficient (Wildman–Crippen LogP) is 5.58. The number of hydrogen-bond donors (Lipinski definition) is 0. The Kier molecular flexibility index (Phi) is 2.92. The van der Waals surface area contributed by atoms with E-state index in [4.69, 9.17) is 0 Å². The van der Waals surface area contributed by atoms with Crippen molar-refractivity contribution in [1.29, 1.82) is 0 Å². The molecule has 0 nitrogen and oxygen atoms in total. The van der Waals surface area contributed by atoms with E-state index in [0.29, 0.717) is 0 Å². The maximum absolute atomic E-state index is 3.48. The third-order valence-corrected chi connectivity index (χ3v) is 3.69. The first-order valence-electron chi connectivity index (χ1n) is 5.99. The van der Waals surface area contributed by atoms with Crippen LogP contribution < -0.4 is 0 Å². The molecule has 0 aromatic heterocycles. The van der Waals surface area contributed by atoms with Crippen LogP contribution in [-0.2, 0) is 0 Å². The molecule has 0 amide bonds. The van der Waals surface area contributed by atoms with Gasteiger partial charge in [0.1, 0.15) is 0 Å². The molecule has 0 fully saturated rings. The molecule has 0 atom stereocenters. The Balaban J connectivity index is 2.31. The smallest absolute Gasteiger partial charge is 0.0175 e. The van der Waals surface area contributed by atoms with E-state index in [2.05, 4.69) is 83.5 Å². The number of benzene rings is 3. The first-order valence-corrected chi connectivity index (χ1v) is 6.79. The Morgan fingerprint density at radius 1 is 0.833 bits per heavy atom. The Morgan fingerprint density at radius 3 is 2.33 bits per heavy atom. The lowest BCUT2D eigenvalue weighted by atomic mass is 9.96. The summed E-state index contributed by atoms with van der Waals surface area (Å²) < 4.78 is 1.11. The molecule has 0 heterocycles. The van der Waals surface area contributed by atoms with Crippen molar-refractivity contribution in [3.05, 3.63) is 70.7 Å². The van der Waals surface area contributed by atoms with Gasteiger partial charge >= 0.3 is 0 Å². The SMILES string of the molecule is Cc1cc(-c2ccc(Br)cc2)c2ccccc2c1. The van der Waals surface area contributed by atoms with Crippen molar-refractivity contribution in [3.63, 3.8) is 0 Å². The van der Waals surface area contributed by atoms with Crippen molar-refractivity contribution < 1.29 is 0 Å². The van der Waals surface area contributed by atoms with Crippen LogP contribution in [0.15, 0.2) is 65.1 Å². The minimum Gasteiger partial charge on any atom is -0.0616 e. The van der Waals surface area contributed by atoms with Gasteiger partial charge in [-0.15, -0.1) is 0 Å². The topological polar surface area (TPSA) is 0 Å². The number of fused-ring (bicyclic) bond motifs is 1. The maximum atomic E-state index is 3.48. The van der Waals surface area contributed by atoms with Crippen LogP contribution in [0.25, 0.3) is 21.9 Å². The van der Waals surface area contributed by atoms with Gasteiger partial charge in [-0.2, -0.15) is 0 Å². The number of hydrogen-bond acceptors (Lipinski definition) is 0. The van der Waals surface area contributed by atoms with Crippen LogP contribution in [0.3, 0.4) is 0 Å². The van der Waals surface area contributed by atoms with Gasteiger partial charge < -0.3 is 0 Å². The normalized spacial score (nSPS) is 10.8. The lowest BCUT2D eigenvalue weighted by molar-refractivity contribution is 1.49. The van der Waals surface area contributed by atoms with E-state index in [9.17, 15) is 0 Å². The van der Waals surface area contributed by atoms with Crippen molar-refractivity contribution in [2.45, 2.75) is 6.92 Å². The van der Waals surface area contributed by atoms with E-state index in [0.717, 1.165) is 4.47 Å². The van der Waals surface area contributed by atoms with E-state index in [-0.39, 0.29) is 0 Å². The summed E-state index contributed by atoms with van der Waals surface area (Å²) in [5.74, 6) is 0. The summed E-state index contributed by atoms with van der Waals surface area (Å²) >= 11 is 3.48. The van der Waals surface area contributed by atoms with Gasteiger partial charge in [0.2, 0.25) is 0 Å². The Morgan fingerprint density at radius 2 is 1.56 bits per heavy atom. The van der Waals surface area contributed by atoms with Gasteiger partial charge in [-0.25, -0.2) is 0 Å². The fourth-order valence-corrected chi connectivity index (χ4v) is 2.59. The van der Waals surface area contributed by atoms with Gasteiger partial charge in [-0.3, -0.25) is 0 Å². The fraction of sp³-hybridized carbons (Fsp3) is 0.0588. The summed E-state index contributed by atoms with van der Waals surface area (Å²) in [7, 11) is 0. The molecular weight excluding hydrogens is 284 g/mol. The van der Waals surface area contributed by atoms with Crippen LogP contribution in [0.5, 0.6) is 0 Å². The highest BCUT2D eigenvalue weighted by Gasteiger charge is 2.04. The first-order chi connectivity index (χ1) is 8.74. The molecule has 3 aromatic rings. The van der Waals surface area contributed by atoms with Crippen molar-refractivity contribution in [2.24, 2.45) is 0 Å². The zero-order valence-electron chi connectivity index (χ0n) is 10.2. The molecule has 3 rings (SSSR count). The van der Waals surface area contributed by atoms with Gasteiger partial charge in [0.15, 0.2) is 0 Å². The molecule has 0 bridgehead atoms. The standard InChI is InChI=1S/C17H13Br/c1-12-10-14-4-2-3-5-16(14)17(11-12)13-6-8-15(18)9-7-13/h2-11H,1H3. The largest absolute Gasteiger partial charge is 0.0616 e. The van der Waals surface area contributed by atoms with Crippen LogP contribution in [-0.4, -0.2) is 0 Å². The zero-order valence-corrected chi connectivity index (χ0v) is 11.7. The molecular formula is C17H13Br. The quantitative estimate of drug-likeness (QED) is 0.550. The number of aryl methyl sites for hydroxylation is 1. The second kappa shape index (κ2) is 4.58. The molecule has 0 radical (unpaired) electrons. The molecule has 0 aliphatic rings. The summed E-state index contributed by atoms with van der Waals surface area (Å²) in [6.07, 6.45) is 0. The molecule has 0 unspecified atom stereocenters. The molecule has 0 N–H and O–H groups in total. The summed E-state index contributed by atoms with van der Waals surface area (Å²) in [5, 5.41) is 2.61. The molecule has 0 saturated carbocycles. The average Bonchev–Trinajstić information content (AvgIpc) is 2.38. The summed E-state index contributed by atoms with van der Waals surface area (Å²) in [4.78, 5) is 0. The third kappa shape index (κ3) is 2.06. The van der Waals surface area contributed by atoms with Crippen LogP contribution in [0.2, 0.25) is 0 Å². The summed E-state index contributed by atoms with van der Waals surface area (Å²) in [6, 6.07) is 21.5. The van der Waals surface area contributed by atoms with Crippen molar-refractivity contribution in [3.8, 4) is 11.1 Å². The maximum Gasteiger partial charge on any atom is 0.0175 e. The summed E-state index contributed by atoms with van der Waals surface area (Å²) in [5.41, 5.74) is 3.86. The van der Waals surface area contributed by atoms with E-state index in [1.165, 1.54) is 27.5 Å². The summed E-state index contributed by atoms with van der Waals surface area (Å²) in [6.45, 7) is 2.15. The number of halogens is 1. The first kappa shape index (κ1) is 11.5. The fourth-order valence-electron chi connectivity index (χ4n) is 2.33. The Bertz CT molecular complexity index is 696. The predicted molar refractivity (Wildman–Crippen MR) is 81.8 cm³/mol. The Labute approximate surface area is 115 Å². The molecule has 0 aliphatic carbocycles. The van der Waals surface area contributed by atoms with Gasteiger partial charge in [-0.1, -0.05) is 64.5 Å². The van der Waals surface area contributed by atoms with Crippen molar-refractivity contribution in [2.75, 3.05) is 0 Å². The minimum absolute atomic E-state index is 1.11. The molecule has 0 saturated heterocycles. The third-order valence-electron chi connectivity index (χ3n) is 3.16. The van der Waals surface area contributed by atoms with Crippen molar-refractivity contribution in [1.82, 2.24) is 0 Å². The zero-order chi connectivity index (χ0) is 12.5. The lowest BCUT2D eigenvalue weighted by Crippen LogP contribution is -1.83. The van der Waals surface area contributed by atoms with Gasteiger partial charge in [-0.05, 0) is 46.5 Å². The second-order valence-corrected chi connectivity index (χ2v) is 5.46.